The molecule has 0 saturated carbocycles. The zero-order valence-corrected chi connectivity index (χ0v) is 18.7. The van der Waals surface area contributed by atoms with Gasteiger partial charge in [0.15, 0.2) is 0 Å². The normalized spacial score (nSPS) is 13.4. The van der Waals surface area contributed by atoms with Crippen LogP contribution in [-0.4, -0.2) is 28.0 Å². The van der Waals surface area contributed by atoms with Gasteiger partial charge in [-0.2, -0.15) is 0 Å². The van der Waals surface area contributed by atoms with E-state index in [-0.39, 0.29) is 15.5 Å². The molecule has 166 valence electrons. The van der Waals surface area contributed by atoms with Gasteiger partial charge in [0.1, 0.15) is 11.6 Å². The van der Waals surface area contributed by atoms with Crippen LogP contribution in [0.1, 0.15) is 22.3 Å². The van der Waals surface area contributed by atoms with E-state index < -0.39 is 21.7 Å². The number of rotatable bonds is 5. The average molecular weight is 475 g/mol. The molecule has 0 unspecified atom stereocenters. The highest BCUT2D eigenvalue weighted by atomic mass is 35.5. The van der Waals surface area contributed by atoms with Crippen molar-refractivity contribution >= 4 is 38.9 Å². The number of fused-ring (bicyclic) bond motifs is 1. The molecule has 3 aromatic carbocycles. The second-order valence-corrected chi connectivity index (χ2v) is 9.52. The number of nitrogens with one attached hydrogen (secondary N) is 1. The summed E-state index contributed by atoms with van der Waals surface area (Å²) in [6.07, 6.45) is 1.27. The van der Waals surface area contributed by atoms with Crippen molar-refractivity contribution in [2.45, 2.75) is 17.7 Å². The number of sulfonamides is 1. The molecule has 0 atom stereocenters. The Morgan fingerprint density at radius 2 is 1.88 bits per heavy atom. The van der Waals surface area contributed by atoms with Crippen molar-refractivity contribution in [3.8, 4) is 5.75 Å². The summed E-state index contributed by atoms with van der Waals surface area (Å²) in [6.45, 7) is 0.345. The Hall–Kier alpha value is -3.10. The predicted octanol–water partition coefficient (Wildman–Crippen LogP) is 4.88. The molecule has 0 spiro atoms. The number of hydrogen-bond donors (Lipinski definition) is 1. The van der Waals surface area contributed by atoms with Gasteiger partial charge in [0.2, 0.25) is 0 Å². The third-order valence-electron chi connectivity index (χ3n) is 5.25. The molecule has 9 heteroatoms. The minimum atomic E-state index is -3.77. The second-order valence-electron chi connectivity index (χ2n) is 7.25. The lowest BCUT2D eigenvalue weighted by molar-refractivity contribution is 0.102. The summed E-state index contributed by atoms with van der Waals surface area (Å²) in [4.78, 5) is 12.7. The molecule has 1 amide bonds. The van der Waals surface area contributed by atoms with Crippen LogP contribution >= 0.6 is 11.6 Å². The fourth-order valence-corrected chi connectivity index (χ4v) is 5.46. The van der Waals surface area contributed by atoms with Gasteiger partial charge in [-0.25, -0.2) is 12.8 Å². The van der Waals surface area contributed by atoms with E-state index in [0.29, 0.717) is 36.5 Å². The number of aryl methyl sites for hydroxylation is 1. The van der Waals surface area contributed by atoms with Crippen molar-refractivity contribution < 1.29 is 22.3 Å². The first kappa shape index (κ1) is 22.1. The van der Waals surface area contributed by atoms with Crippen molar-refractivity contribution in [2.75, 3.05) is 23.3 Å². The van der Waals surface area contributed by atoms with Gasteiger partial charge < -0.3 is 10.1 Å². The minimum Gasteiger partial charge on any atom is -0.497 e. The molecular formula is C23H20ClFN2O4S. The van der Waals surface area contributed by atoms with E-state index in [4.69, 9.17) is 16.3 Å². The van der Waals surface area contributed by atoms with Crippen LogP contribution in [0, 0.1) is 5.82 Å². The van der Waals surface area contributed by atoms with Crippen molar-refractivity contribution in [1.29, 1.82) is 0 Å². The number of nitrogens with zero attached hydrogens (tertiary/aromatic N) is 1. The van der Waals surface area contributed by atoms with Gasteiger partial charge in [-0.1, -0.05) is 17.7 Å². The maximum atomic E-state index is 14.0. The Morgan fingerprint density at radius 1 is 1.12 bits per heavy atom. The van der Waals surface area contributed by atoms with E-state index in [1.807, 2.05) is 0 Å². The van der Waals surface area contributed by atoms with Gasteiger partial charge in [0.25, 0.3) is 15.9 Å². The zero-order chi connectivity index (χ0) is 22.9. The van der Waals surface area contributed by atoms with Crippen LogP contribution in [0.3, 0.4) is 0 Å². The molecule has 32 heavy (non-hydrogen) atoms. The molecule has 0 aromatic heterocycles. The molecule has 6 nitrogen and oxygen atoms in total. The monoisotopic (exact) mass is 474 g/mol. The van der Waals surface area contributed by atoms with Crippen LogP contribution in [0.5, 0.6) is 5.75 Å². The third kappa shape index (κ3) is 4.16. The van der Waals surface area contributed by atoms with Crippen molar-refractivity contribution in [3.63, 3.8) is 0 Å². The highest BCUT2D eigenvalue weighted by molar-refractivity contribution is 7.92. The van der Waals surface area contributed by atoms with Crippen LogP contribution in [0.2, 0.25) is 5.02 Å². The second kappa shape index (κ2) is 8.80. The first-order valence-electron chi connectivity index (χ1n) is 9.86. The van der Waals surface area contributed by atoms with E-state index in [0.717, 1.165) is 11.6 Å². The van der Waals surface area contributed by atoms with Crippen molar-refractivity contribution in [3.05, 3.63) is 82.6 Å². The Labute approximate surface area is 190 Å². The summed E-state index contributed by atoms with van der Waals surface area (Å²) in [5.74, 6) is -0.824. The summed E-state index contributed by atoms with van der Waals surface area (Å²) in [5, 5.41) is 2.65. The Bertz CT molecular complexity index is 1260. The molecule has 1 aliphatic rings. The average Bonchev–Trinajstić information content (AvgIpc) is 2.78. The molecule has 3 aromatic rings. The zero-order valence-electron chi connectivity index (χ0n) is 17.1. The third-order valence-corrected chi connectivity index (χ3v) is 7.39. The van der Waals surface area contributed by atoms with Crippen LogP contribution in [0.15, 0.2) is 65.6 Å². The van der Waals surface area contributed by atoms with E-state index in [9.17, 15) is 17.6 Å². The van der Waals surface area contributed by atoms with Gasteiger partial charge >= 0.3 is 0 Å². The molecular weight excluding hydrogens is 455 g/mol. The van der Waals surface area contributed by atoms with Crippen LogP contribution < -0.4 is 14.4 Å². The Kier molecular flexibility index (Phi) is 6.08. The fourth-order valence-electron chi connectivity index (χ4n) is 3.67. The number of methoxy groups -OCH3 is 1. The van der Waals surface area contributed by atoms with Gasteiger partial charge in [0.05, 0.1) is 28.3 Å². The lowest BCUT2D eigenvalue weighted by Crippen LogP contribution is -2.35. The largest absolute Gasteiger partial charge is 0.497 e. The molecule has 0 saturated heterocycles. The summed E-state index contributed by atoms with van der Waals surface area (Å²) >= 11 is 5.97. The maximum Gasteiger partial charge on any atom is 0.264 e. The number of carbonyl (C=O) groups excluding carboxylic acids is 1. The van der Waals surface area contributed by atoms with Crippen LogP contribution in [0.4, 0.5) is 15.8 Å². The molecule has 0 aliphatic carbocycles. The van der Waals surface area contributed by atoms with E-state index in [1.54, 1.807) is 30.3 Å². The van der Waals surface area contributed by atoms with Gasteiger partial charge in [-0.3, -0.25) is 9.10 Å². The molecule has 1 heterocycles. The highest BCUT2D eigenvalue weighted by Gasteiger charge is 2.29. The summed E-state index contributed by atoms with van der Waals surface area (Å²) in [7, 11) is -2.25. The number of amides is 1. The molecule has 0 bridgehead atoms. The molecule has 0 fully saturated rings. The van der Waals surface area contributed by atoms with Crippen LogP contribution in [0.25, 0.3) is 0 Å². The van der Waals surface area contributed by atoms with Crippen molar-refractivity contribution in [2.24, 2.45) is 0 Å². The topological polar surface area (TPSA) is 75.7 Å². The molecule has 1 aliphatic heterocycles. The first-order valence-corrected chi connectivity index (χ1v) is 11.7. The van der Waals surface area contributed by atoms with E-state index in [2.05, 4.69) is 5.32 Å². The van der Waals surface area contributed by atoms with E-state index in [1.165, 1.54) is 35.7 Å². The summed E-state index contributed by atoms with van der Waals surface area (Å²) in [6, 6.07) is 15.2. The van der Waals surface area contributed by atoms with Crippen molar-refractivity contribution in [1.82, 2.24) is 0 Å². The molecule has 1 N–H and O–H groups in total. The summed E-state index contributed by atoms with van der Waals surface area (Å²) < 4.78 is 47.0. The number of hydrogen-bond acceptors (Lipinski definition) is 4. The Morgan fingerprint density at radius 3 is 2.56 bits per heavy atom. The van der Waals surface area contributed by atoms with Gasteiger partial charge in [-0.15, -0.1) is 0 Å². The van der Waals surface area contributed by atoms with Gasteiger partial charge in [0, 0.05) is 12.2 Å². The lowest BCUT2D eigenvalue weighted by atomic mass is 10.0. The lowest BCUT2D eigenvalue weighted by Gasteiger charge is -2.31. The first-order chi connectivity index (χ1) is 15.3. The standard InChI is InChI=1S/C23H20ClFN2O4S/c1-31-17-8-10-18(11-9-17)32(29,30)27-13-3-4-15-14-16(7-12-21(15)27)26-23(28)22-19(24)5-2-6-20(22)25/h2,5-12,14H,3-4,13H2,1H3,(H,26,28). The Balaban J connectivity index is 1.62. The predicted molar refractivity (Wildman–Crippen MR) is 122 cm³/mol. The summed E-state index contributed by atoms with van der Waals surface area (Å²) in [5.41, 5.74) is 1.51. The number of ether oxygens (including phenoxy) is 1. The van der Waals surface area contributed by atoms with Gasteiger partial charge in [-0.05, 0) is 73.0 Å². The quantitative estimate of drug-likeness (QED) is 0.571. The van der Waals surface area contributed by atoms with E-state index >= 15 is 0 Å². The molecule has 4 rings (SSSR count). The number of benzene rings is 3. The highest BCUT2D eigenvalue weighted by Crippen LogP contribution is 2.34. The fraction of sp³-hybridized carbons (Fsp3) is 0.174. The number of anilines is 2. The minimum absolute atomic E-state index is 0.0113. The number of halogens is 2. The SMILES string of the molecule is COc1ccc(S(=O)(=O)N2CCCc3cc(NC(=O)c4c(F)cccc4Cl)ccc32)cc1. The maximum absolute atomic E-state index is 14.0. The number of carbonyl (C=O) groups is 1. The van der Waals surface area contributed by atoms with Crippen LogP contribution in [-0.2, 0) is 16.4 Å². The molecule has 0 radical (unpaired) electrons. The smallest absolute Gasteiger partial charge is 0.264 e.